The van der Waals surface area contributed by atoms with Gasteiger partial charge in [0.1, 0.15) is 0 Å². The quantitative estimate of drug-likeness (QED) is 0.489. The first-order chi connectivity index (χ1) is 3.46. The van der Waals surface area contributed by atoms with Crippen LogP contribution < -0.4 is 11.3 Å². The Morgan fingerprint density at radius 2 is 1.30 bits per heavy atom. The molecule has 0 rings (SSSR count). The second-order valence-corrected chi connectivity index (χ2v) is 1.01. The fraction of sp³-hybridized carbons (Fsp3) is 0.500. The minimum absolute atomic E-state index is 0. The number of hydrogen-bond donors (Lipinski definition) is 2. The van der Waals surface area contributed by atoms with Crippen molar-refractivity contribution in [2.75, 3.05) is 0 Å². The summed E-state index contributed by atoms with van der Waals surface area (Å²) in [4.78, 5) is 17.9. The van der Waals surface area contributed by atoms with Crippen LogP contribution in [-0.4, -0.2) is 17.0 Å². The summed E-state index contributed by atoms with van der Waals surface area (Å²) in [7, 11) is 0. The standard InChI is InChI=1S/2C2H4O2.H3N.Zn/c2*1-2(3)4;;/h2*1H3,(H,3,4);1H3;/q;;;+1/p-1. The van der Waals surface area contributed by atoms with E-state index in [9.17, 15) is 0 Å². The van der Waals surface area contributed by atoms with Crippen LogP contribution >= 0.6 is 0 Å². The van der Waals surface area contributed by atoms with Crippen LogP contribution in [0.15, 0.2) is 0 Å². The molecule has 0 unspecified atom stereocenters. The van der Waals surface area contributed by atoms with Gasteiger partial charge in [-0.2, -0.15) is 0 Å². The van der Waals surface area contributed by atoms with Crippen molar-refractivity contribution in [1.29, 1.82) is 0 Å². The second kappa shape index (κ2) is 15.8. The zero-order valence-electron chi connectivity index (χ0n) is 6.09. The molecule has 0 fully saturated rings. The third-order valence-electron chi connectivity index (χ3n) is 0. The third-order valence-corrected chi connectivity index (χ3v) is 0. The maximum absolute atomic E-state index is 9.00. The molecule has 0 saturated carbocycles. The normalized spacial score (nSPS) is 5.00. The number of hydrogen-bond acceptors (Lipinski definition) is 4. The van der Waals surface area contributed by atoms with Crippen molar-refractivity contribution in [2.45, 2.75) is 13.8 Å². The van der Waals surface area contributed by atoms with Gasteiger partial charge >= 0.3 is 19.5 Å². The van der Waals surface area contributed by atoms with Crippen molar-refractivity contribution < 1.29 is 39.3 Å². The molecule has 5 nitrogen and oxygen atoms in total. The van der Waals surface area contributed by atoms with E-state index in [4.69, 9.17) is 19.8 Å². The van der Waals surface area contributed by atoms with Crippen LogP contribution in [0.25, 0.3) is 0 Å². The molecule has 0 aromatic carbocycles. The van der Waals surface area contributed by atoms with Crippen LogP contribution in [0.2, 0.25) is 0 Å². The minimum Gasteiger partial charge on any atom is -0.550 e. The molecule has 0 amide bonds. The van der Waals surface area contributed by atoms with E-state index in [1.54, 1.807) is 0 Å². The number of aliphatic carboxylic acids is 2. The van der Waals surface area contributed by atoms with Crippen molar-refractivity contribution in [3.8, 4) is 0 Å². The summed E-state index contributed by atoms with van der Waals surface area (Å²) in [6, 6.07) is 0. The number of carboxylic acid groups (broad SMARTS) is 2. The van der Waals surface area contributed by atoms with E-state index in [-0.39, 0.29) is 25.6 Å². The SMILES string of the molecule is CC(=O)O.CC(=O)[O-].N.[Zn+]. The third kappa shape index (κ3) is 1410. The molecule has 0 aliphatic heterocycles. The predicted octanol–water partition coefficient (Wildman–Crippen LogP) is -0.993. The maximum Gasteiger partial charge on any atom is 1.00 e. The summed E-state index contributed by atoms with van der Waals surface area (Å²) in [5.74, 6) is -1.92. The largest absolute Gasteiger partial charge is 1.00 e. The first-order valence-corrected chi connectivity index (χ1v) is 1.84. The Morgan fingerprint density at radius 1 is 1.30 bits per heavy atom. The second-order valence-electron chi connectivity index (χ2n) is 1.01. The van der Waals surface area contributed by atoms with Gasteiger partial charge in [-0.25, -0.2) is 0 Å². The molecular weight excluding hydrogens is 191 g/mol. The van der Waals surface area contributed by atoms with E-state index in [1.165, 1.54) is 0 Å². The molecule has 0 aromatic rings. The summed E-state index contributed by atoms with van der Waals surface area (Å²) in [5, 5.41) is 16.3. The smallest absolute Gasteiger partial charge is 0.550 e. The topological polar surface area (TPSA) is 112 Å². The Balaban J connectivity index is -0.0000000300. The molecule has 0 atom stereocenters. The van der Waals surface area contributed by atoms with Gasteiger partial charge in [0.15, 0.2) is 0 Å². The zero-order chi connectivity index (χ0) is 7.15. The summed E-state index contributed by atoms with van der Waals surface area (Å²) < 4.78 is 0. The Bertz CT molecular complexity index is 75.3. The molecule has 0 bridgehead atoms. The fourth-order valence-corrected chi connectivity index (χ4v) is 0. The zero-order valence-corrected chi connectivity index (χ0v) is 9.05. The number of rotatable bonds is 0. The molecule has 0 saturated heterocycles. The average Bonchev–Trinajstić information content (AvgIpc) is 1.25. The van der Waals surface area contributed by atoms with Gasteiger partial charge in [0.25, 0.3) is 5.97 Å². The van der Waals surface area contributed by atoms with Gasteiger partial charge in [-0.3, -0.25) is 4.79 Å². The molecule has 0 heterocycles. The average molecular weight is 202 g/mol. The van der Waals surface area contributed by atoms with Crippen molar-refractivity contribution in [3.05, 3.63) is 0 Å². The van der Waals surface area contributed by atoms with Crippen molar-refractivity contribution in [2.24, 2.45) is 0 Å². The Kier molecular flexibility index (Phi) is 35.9. The monoisotopic (exact) mass is 200 g/mol. The minimum atomic E-state index is -1.08. The Morgan fingerprint density at radius 3 is 1.30 bits per heavy atom. The Labute approximate surface area is 71.8 Å². The van der Waals surface area contributed by atoms with Crippen LogP contribution in [0, 0.1) is 0 Å². The number of carboxylic acids is 2. The molecule has 0 aliphatic carbocycles. The summed E-state index contributed by atoms with van der Waals surface area (Å²) in [6.07, 6.45) is 0. The summed E-state index contributed by atoms with van der Waals surface area (Å²) in [6.45, 7) is 2.06. The van der Waals surface area contributed by atoms with Gasteiger partial charge in [-0.15, -0.1) is 0 Å². The van der Waals surface area contributed by atoms with Crippen molar-refractivity contribution in [3.63, 3.8) is 0 Å². The van der Waals surface area contributed by atoms with Crippen LogP contribution in [0.4, 0.5) is 0 Å². The van der Waals surface area contributed by atoms with Gasteiger partial charge < -0.3 is 21.2 Å². The molecule has 1 radical (unpaired) electrons. The van der Waals surface area contributed by atoms with Crippen molar-refractivity contribution >= 4 is 11.9 Å². The van der Waals surface area contributed by atoms with Gasteiger partial charge in [0.05, 0.1) is 0 Å². The van der Waals surface area contributed by atoms with E-state index in [1.807, 2.05) is 0 Å². The van der Waals surface area contributed by atoms with Crippen LogP contribution in [0.1, 0.15) is 13.8 Å². The van der Waals surface area contributed by atoms with E-state index < -0.39 is 11.9 Å². The molecule has 0 spiro atoms. The molecule has 0 aromatic heterocycles. The number of carbonyl (C=O) groups excluding carboxylic acids is 1. The van der Waals surface area contributed by atoms with E-state index in [0.29, 0.717) is 0 Å². The van der Waals surface area contributed by atoms with Crippen LogP contribution in [0.3, 0.4) is 0 Å². The van der Waals surface area contributed by atoms with Crippen LogP contribution in [-0.2, 0) is 29.1 Å². The molecule has 0 aliphatic rings. The fourth-order valence-electron chi connectivity index (χ4n) is 0. The van der Waals surface area contributed by atoms with E-state index in [2.05, 4.69) is 0 Å². The molecular formula is C4H10NO4Zn. The molecule has 4 N–H and O–H groups in total. The maximum atomic E-state index is 9.00. The predicted molar refractivity (Wildman–Crippen MR) is 29.0 cm³/mol. The number of carbonyl (C=O) groups is 2. The summed E-state index contributed by atoms with van der Waals surface area (Å²) >= 11 is 0. The molecule has 6 heteroatoms. The first kappa shape index (κ1) is 22.7. The molecule has 57 valence electrons. The van der Waals surface area contributed by atoms with Crippen LogP contribution in [0.5, 0.6) is 0 Å². The van der Waals surface area contributed by atoms with Gasteiger partial charge in [0, 0.05) is 12.9 Å². The first-order valence-electron chi connectivity index (χ1n) is 1.84. The summed E-state index contributed by atoms with van der Waals surface area (Å²) in [5.41, 5.74) is 0. The van der Waals surface area contributed by atoms with Crippen molar-refractivity contribution in [1.82, 2.24) is 6.15 Å². The van der Waals surface area contributed by atoms with Gasteiger partial charge in [-0.05, 0) is 6.92 Å². The van der Waals surface area contributed by atoms with Gasteiger partial charge in [0.2, 0.25) is 0 Å². The van der Waals surface area contributed by atoms with Gasteiger partial charge in [-0.1, -0.05) is 0 Å². The molecule has 10 heavy (non-hydrogen) atoms. The van der Waals surface area contributed by atoms with E-state index in [0.717, 1.165) is 13.8 Å². The Hall–Kier alpha value is -0.477. The van der Waals surface area contributed by atoms with E-state index >= 15 is 0 Å².